The van der Waals surface area contributed by atoms with Gasteiger partial charge in [0.15, 0.2) is 0 Å². The topological polar surface area (TPSA) is 38.8 Å². The van der Waals surface area contributed by atoms with Crippen molar-refractivity contribution >= 4 is 12.8 Å². The van der Waals surface area contributed by atoms with Crippen LogP contribution in [0.3, 0.4) is 0 Å². The molecule has 5 heteroatoms. The summed E-state index contributed by atoms with van der Waals surface area (Å²) < 4.78 is 27.4. The van der Waals surface area contributed by atoms with Crippen LogP contribution in [0.5, 0.6) is 5.75 Å². The van der Waals surface area contributed by atoms with Gasteiger partial charge in [0.25, 0.3) is 0 Å². The van der Waals surface area contributed by atoms with Gasteiger partial charge >= 0.3 is 7.52 Å². The SMILES string of the molecule is CCCCN(CCCC)P(=O)(OC(C)CC)c1ccc(OC)cc1. The van der Waals surface area contributed by atoms with Crippen LogP contribution in [-0.2, 0) is 9.09 Å². The molecule has 0 radical (unpaired) electrons. The lowest BCUT2D eigenvalue weighted by atomic mass is 10.3. The number of hydrogen-bond donors (Lipinski definition) is 0. The molecule has 1 aromatic carbocycles. The van der Waals surface area contributed by atoms with E-state index in [2.05, 4.69) is 25.4 Å². The predicted octanol–water partition coefficient (Wildman–Crippen LogP) is 5.23. The molecule has 0 spiro atoms. The van der Waals surface area contributed by atoms with Crippen molar-refractivity contribution in [2.45, 2.75) is 65.9 Å². The lowest BCUT2D eigenvalue weighted by Crippen LogP contribution is -2.31. The molecule has 0 aliphatic carbocycles. The smallest absolute Gasteiger partial charge is 0.302 e. The summed E-state index contributed by atoms with van der Waals surface area (Å²) in [6.07, 6.45) is 5.00. The molecule has 0 fully saturated rings. The summed E-state index contributed by atoms with van der Waals surface area (Å²) >= 11 is 0. The Labute approximate surface area is 148 Å². The van der Waals surface area contributed by atoms with Gasteiger partial charge in [0.2, 0.25) is 0 Å². The van der Waals surface area contributed by atoms with Gasteiger partial charge in [-0.15, -0.1) is 0 Å². The maximum Gasteiger partial charge on any atom is 0.302 e. The van der Waals surface area contributed by atoms with E-state index in [-0.39, 0.29) is 6.10 Å². The molecule has 1 rings (SSSR count). The van der Waals surface area contributed by atoms with Gasteiger partial charge in [-0.3, -0.25) is 4.57 Å². The number of unbranched alkanes of at least 4 members (excludes halogenated alkanes) is 2. The van der Waals surface area contributed by atoms with Gasteiger partial charge < -0.3 is 9.26 Å². The Bertz CT molecular complexity index is 496. The summed E-state index contributed by atoms with van der Waals surface area (Å²) in [4.78, 5) is 0. The van der Waals surface area contributed by atoms with E-state index in [9.17, 15) is 4.57 Å². The fourth-order valence-electron chi connectivity index (χ4n) is 2.44. The van der Waals surface area contributed by atoms with E-state index < -0.39 is 7.52 Å². The number of nitrogens with zero attached hydrogens (tertiary/aromatic N) is 1. The second kappa shape index (κ2) is 10.9. The number of rotatable bonds is 12. The average Bonchev–Trinajstić information content (AvgIpc) is 2.61. The number of ether oxygens (including phenoxy) is 1. The first-order chi connectivity index (χ1) is 11.5. The lowest BCUT2D eigenvalue weighted by Gasteiger charge is -2.33. The molecule has 0 aliphatic rings. The largest absolute Gasteiger partial charge is 0.497 e. The third-order valence-corrected chi connectivity index (χ3v) is 6.95. The Hall–Kier alpha value is -0.830. The Morgan fingerprint density at radius 1 is 1.04 bits per heavy atom. The third kappa shape index (κ3) is 5.91. The molecule has 0 N–H and O–H groups in total. The first kappa shape index (κ1) is 21.2. The third-order valence-electron chi connectivity index (χ3n) is 4.21. The van der Waals surface area contributed by atoms with Gasteiger partial charge in [-0.25, -0.2) is 4.67 Å². The van der Waals surface area contributed by atoms with E-state index >= 15 is 0 Å². The van der Waals surface area contributed by atoms with Crippen LogP contribution in [0.2, 0.25) is 0 Å². The molecule has 24 heavy (non-hydrogen) atoms. The molecule has 2 atom stereocenters. The van der Waals surface area contributed by atoms with E-state index in [1.807, 2.05) is 31.2 Å². The molecule has 2 unspecified atom stereocenters. The van der Waals surface area contributed by atoms with Crippen LogP contribution in [0.4, 0.5) is 0 Å². The molecule has 0 saturated heterocycles. The fourth-order valence-corrected chi connectivity index (χ4v) is 4.99. The molecular weight excluding hydrogens is 321 g/mol. The lowest BCUT2D eigenvalue weighted by molar-refractivity contribution is 0.193. The van der Waals surface area contributed by atoms with Crippen molar-refractivity contribution in [1.29, 1.82) is 0 Å². The molecule has 0 aliphatic heterocycles. The maximum atomic E-state index is 14.0. The van der Waals surface area contributed by atoms with Crippen molar-refractivity contribution in [2.24, 2.45) is 0 Å². The molecule has 4 nitrogen and oxygen atoms in total. The summed E-state index contributed by atoms with van der Waals surface area (Å²) in [5.74, 6) is 0.766. The fraction of sp³-hybridized carbons (Fsp3) is 0.684. The standard InChI is InChI=1S/C19H34NO3P/c1-6-9-15-20(16-10-7-2)24(21,23-17(4)8-3)19-13-11-18(22-5)12-14-19/h11-14,17H,6-10,15-16H2,1-5H3. The van der Waals surface area contributed by atoms with Crippen LogP contribution >= 0.6 is 7.52 Å². The van der Waals surface area contributed by atoms with Gasteiger partial charge in [-0.1, -0.05) is 33.6 Å². The van der Waals surface area contributed by atoms with Crippen molar-refractivity contribution in [2.75, 3.05) is 20.2 Å². The Morgan fingerprint density at radius 2 is 1.58 bits per heavy atom. The number of hydrogen-bond acceptors (Lipinski definition) is 3. The van der Waals surface area contributed by atoms with E-state index in [1.165, 1.54) is 0 Å². The van der Waals surface area contributed by atoms with Gasteiger partial charge in [0.1, 0.15) is 5.75 Å². The minimum absolute atomic E-state index is 0.0383. The van der Waals surface area contributed by atoms with E-state index in [0.717, 1.165) is 56.2 Å². The monoisotopic (exact) mass is 355 g/mol. The van der Waals surface area contributed by atoms with Crippen LogP contribution in [0, 0.1) is 0 Å². The molecule has 0 heterocycles. The normalized spacial score (nSPS) is 15.2. The van der Waals surface area contributed by atoms with Crippen LogP contribution in [0.15, 0.2) is 24.3 Å². The predicted molar refractivity (Wildman–Crippen MR) is 102 cm³/mol. The van der Waals surface area contributed by atoms with Crippen LogP contribution in [0.1, 0.15) is 59.8 Å². The highest BCUT2D eigenvalue weighted by Gasteiger charge is 2.35. The molecule has 0 saturated carbocycles. The zero-order valence-corrected chi connectivity index (χ0v) is 16.9. The van der Waals surface area contributed by atoms with E-state index in [0.29, 0.717) is 0 Å². The second-order valence-electron chi connectivity index (χ2n) is 6.20. The summed E-state index contributed by atoms with van der Waals surface area (Å²) in [6.45, 7) is 9.98. The Kier molecular flexibility index (Phi) is 9.65. The van der Waals surface area contributed by atoms with Crippen molar-refractivity contribution in [3.63, 3.8) is 0 Å². The molecule has 0 bridgehead atoms. The van der Waals surface area contributed by atoms with Crippen molar-refractivity contribution < 1.29 is 13.8 Å². The molecule has 0 amide bonds. The van der Waals surface area contributed by atoms with Crippen LogP contribution in [-0.4, -0.2) is 31.0 Å². The van der Waals surface area contributed by atoms with Crippen molar-refractivity contribution in [1.82, 2.24) is 4.67 Å². The molecule has 1 aromatic rings. The summed E-state index contributed by atoms with van der Waals surface area (Å²) in [5.41, 5.74) is 0. The summed E-state index contributed by atoms with van der Waals surface area (Å²) in [5, 5.41) is 0.760. The first-order valence-corrected chi connectivity index (χ1v) is 10.8. The highest BCUT2D eigenvalue weighted by atomic mass is 31.2. The Balaban J connectivity index is 3.18. The quantitative estimate of drug-likeness (QED) is 0.481. The van der Waals surface area contributed by atoms with Crippen LogP contribution < -0.4 is 10.0 Å². The number of methoxy groups -OCH3 is 1. The van der Waals surface area contributed by atoms with E-state index in [1.54, 1.807) is 7.11 Å². The summed E-state index contributed by atoms with van der Waals surface area (Å²) in [6, 6.07) is 7.49. The first-order valence-electron chi connectivity index (χ1n) is 9.20. The minimum atomic E-state index is -3.07. The van der Waals surface area contributed by atoms with Crippen LogP contribution in [0.25, 0.3) is 0 Å². The molecule has 138 valence electrons. The van der Waals surface area contributed by atoms with Gasteiger partial charge in [0.05, 0.1) is 18.5 Å². The zero-order valence-electron chi connectivity index (χ0n) is 16.0. The van der Waals surface area contributed by atoms with Gasteiger partial charge in [-0.2, -0.15) is 0 Å². The second-order valence-corrected chi connectivity index (χ2v) is 8.54. The zero-order chi connectivity index (χ0) is 18.0. The van der Waals surface area contributed by atoms with Crippen molar-refractivity contribution in [3.05, 3.63) is 24.3 Å². The highest BCUT2D eigenvalue weighted by Crippen LogP contribution is 2.51. The summed E-state index contributed by atoms with van der Waals surface area (Å²) in [7, 11) is -1.43. The highest BCUT2D eigenvalue weighted by molar-refractivity contribution is 7.64. The van der Waals surface area contributed by atoms with Gasteiger partial charge in [-0.05, 0) is 50.5 Å². The Morgan fingerprint density at radius 3 is 2.00 bits per heavy atom. The molecular formula is C19H34NO3P. The van der Waals surface area contributed by atoms with E-state index in [4.69, 9.17) is 9.26 Å². The van der Waals surface area contributed by atoms with Crippen molar-refractivity contribution in [3.8, 4) is 5.75 Å². The maximum absolute atomic E-state index is 14.0. The van der Waals surface area contributed by atoms with Gasteiger partial charge in [0, 0.05) is 13.1 Å². The minimum Gasteiger partial charge on any atom is -0.497 e. The number of benzene rings is 1. The molecule has 0 aromatic heterocycles. The average molecular weight is 355 g/mol.